The molecule has 0 spiro atoms. The Labute approximate surface area is 107 Å². The predicted molar refractivity (Wildman–Crippen MR) is 70.5 cm³/mol. The molecule has 0 heterocycles. The van der Waals surface area contributed by atoms with Gasteiger partial charge >= 0.3 is 0 Å². The monoisotopic (exact) mass is 255 g/mol. The maximum absolute atomic E-state index is 9.23. The summed E-state index contributed by atoms with van der Waals surface area (Å²) in [5, 5.41) is 21.3. The second-order valence-corrected chi connectivity index (χ2v) is 4.06. The van der Waals surface area contributed by atoms with Gasteiger partial charge in [-0.25, -0.2) is 0 Å². The van der Waals surface area contributed by atoms with Crippen LogP contribution in [0, 0.1) is 6.92 Å². The Hall–Kier alpha value is -1.46. The molecule has 1 unspecified atom stereocenters. The number of aliphatic hydroxyl groups is 2. The van der Waals surface area contributed by atoms with Crippen molar-refractivity contribution in [2.75, 3.05) is 32.8 Å². The minimum Gasteiger partial charge on any atom is -0.497 e. The molecule has 5 nitrogen and oxygen atoms in total. The van der Waals surface area contributed by atoms with Crippen molar-refractivity contribution in [3.63, 3.8) is 0 Å². The van der Waals surface area contributed by atoms with Gasteiger partial charge in [0.15, 0.2) is 0 Å². The molecule has 0 radical (unpaired) electrons. The van der Waals surface area contributed by atoms with Crippen molar-refractivity contribution in [3.8, 4) is 11.5 Å². The second kappa shape index (κ2) is 7.08. The number of nitrogens with one attached hydrogen (secondary N) is 1. The Morgan fingerprint density at radius 3 is 2.44 bits per heavy atom. The van der Waals surface area contributed by atoms with Crippen LogP contribution in [0.5, 0.6) is 11.5 Å². The molecule has 102 valence electrons. The van der Waals surface area contributed by atoms with Crippen LogP contribution in [0.3, 0.4) is 0 Å². The number of ether oxygens (including phenoxy) is 2. The molecule has 0 saturated carbocycles. The van der Waals surface area contributed by atoms with Crippen LogP contribution in [-0.4, -0.2) is 43.7 Å². The van der Waals surface area contributed by atoms with Gasteiger partial charge < -0.3 is 25.0 Å². The van der Waals surface area contributed by atoms with Crippen LogP contribution in [0.1, 0.15) is 12.0 Å². The Bertz CT molecular complexity index is 381. The Morgan fingerprint density at radius 1 is 1.22 bits per heavy atom. The lowest BCUT2D eigenvalue weighted by molar-refractivity contribution is 0.228. The Kier molecular flexibility index (Phi) is 5.74. The number of rotatable bonds is 7. The van der Waals surface area contributed by atoms with E-state index in [9.17, 15) is 5.11 Å². The van der Waals surface area contributed by atoms with E-state index in [2.05, 4.69) is 5.32 Å². The fourth-order valence-corrected chi connectivity index (χ4v) is 1.76. The summed E-state index contributed by atoms with van der Waals surface area (Å²) in [6, 6.07) is 3.47. The van der Waals surface area contributed by atoms with Crippen LogP contribution in [0.15, 0.2) is 12.1 Å². The first kappa shape index (κ1) is 14.6. The van der Waals surface area contributed by atoms with Crippen molar-refractivity contribution in [1.29, 1.82) is 0 Å². The van der Waals surface area contributed by atoms with E-state index in [1.54, 1.807) is 20.3 Å². The van der Waals surface area contributed by atoms with Crippen molar-refractivity contribution < 1.29 is 19.7 Å². The summed E-state index contributed by atoms with van der Waals surface area (Å²) in [5.74, 6) is 1.38. The minimum atomic E-state index is -0.198. The van der Waals surface area contributed by atoms with Gasteiger partial charge in [-0.15, -0.1) is 0 Å². The van der Waals surface area contributed by atoms with Crippen molar-refractivity contribution in [2.45, 2.75) is 19.4 Å². The van der Waals surface area contributed by atoms with Crippen molar-refractivity contribution in [3.05, 3.63) is 17.7 Å². The quantitative estimate of drug-likeness (QED) is 0.682. The van der Waals surface area contributed by atoms with Crippen LogP contribution in [0.25, 0.3) is 0 Å². The fraction of sp³-hybridized carbons (Fsp3) is 0.538. The summed E-state index contributed by atoms with van der Waals surface area (Å²) in [7, 11) is 3.18. The largest absolute Gasteiger partial charge is 0.497 e. The third-order valence-corrected chi connectivity index (χ3v) is 2.77. The molecule has 0 aliphatic heterocycles. The lowest BCUT2D eigenvalue weighted by atomic mass is 10.1. The summed E-state index contributed by atoms with van der Waals surface area (Å²) in [6.07, 6.45) is 0.477. The predicted octanol–water partition coefficient (Wildman–Crippen LogP) is 1.17. The average Bonchev–Trinajstić information content (AvgIpc) is 2.39. The molecule has 0 aromatic heterocycles. The summed E-state index contributed by atoms with van der Waals surface area (Å²) < 4.78 is 10.5. The number of hydrogen-bond acceptors (Lipinski definition) is 5. The number of methoxy groups -OCH3 is 2. The molecule has 5 heteroatoms. The Morgan fingerprint density at radius 2 is 1.94 bits per heavy atom. The number of aliphatic hydroxyl groups excluding tert-OH is 2. The van der Waals surface area contributed by atoms with E-state index in [0.29, 0.717) is 12.2 Å². The molecule has 0 saturated heterocycles. The summed E-state index contributed by atoms with van der Waals surface area (Å²) in [4.78, 5) is 0. The molecule has 3 N–H and O–H groups in total. The maximum Gasteiger partial charge on any atom is 0.145 e. The minimum absolute atomic E-state index is 0.0236. The molecule has 1 aromatic rings. The van der Waals surface area contributed by atoms with Crippen LogP contribution >= 0.6 is 0 Å². The molecule has 18 heavy (non-hydrogen) atoms. The van der Waals surface area contributed by atoms with Crippen LogP contribution < -0.4 is 14.8 Å². The van der Waals surface area contributed by atoms with Crippen LogP contribution in [0.4, 0.5) is 5.69 Å². The van der Waals surface area contributed by atoms with E-state index in [4.69, 9.17) is 14.6 Å². The fourth-order valence-electron chi connectivity index (χ4n) is 1.76. The first-order chi connectivity index (χ1) is 8.65. The smallest absolute Gasteiger partial charge is 0.145 e. The number of aryl methyl sites for hydroxylation is 1. The van der Waals surface area contributed by atoms with E-state index in [1.807, 2.05) is 13.0 Å². The highest BCUT2D eigenvalue weighted by Gasteiger charge is 2.13. The van der Waals surface area contributed by atoms with Crippen molar-refractivity contribution in [1.82, 2.24) is 0 Å². The van der Waals surface area contributed by atoms with Gasteiger partial charge in [0.2, 0.25) is 0 Å². The standard InChI is InChI=1S/C13H21NO4/c1-9-6-11(17-2)7-12(18-3)13(9)14-10(8-16)4-5-15/h6-7,10,14-16H,4-5,8H2,1-3H3. The number of hydrogen-bond donors (Lipinski definition) is 3. The zero-order chi connectivity index (χ0) is 13.5. The second-order valence-electron chi connectivity index (χ2n) is 4.06. The Balaban J connectivity index is 2.99. The average molecular weight is 255 g/mol. The maximum atomic E-state index is 9.23. The van der Waals surface area contributed by atoms with Gasteiger partial charge in [-0.3, -0.25) is 0 Å². The van der Waals surface area contributed by atoms with Gasteiger partial charge in [-0.2, -0.15) is 0 Å². The lowest BCUT2D eigenvalue weighted by Gasteiger charge is -2.21. The van der Waals surface area contributed by atoms with Crippen molar-refractivity contribution in [2.24, 2.45) is 0 Å². The van der Waals surface area contributed by atoms with Gasteiger partial charge in [0.1, 0.15) is 11.5 Å². The highest BCUT2D eigenvalue weighted by Crippen LogP contribution is 2.33. The van der Waals surface area contributed by atoms with Gasteiger partial charge in [-0.1, -0.05) is 0 Å². The van der Waals surface area contributed by atoms with Gasteiger partial charge in [0.25, 0.3) is 0 Å². The topological polar surface area (TPSA) is 71.0 Å². The highest BCUT2D eigenvalue weighted by molar-refractivity contribution is 5.64. The molecule has 1 rings (SSSR count). The highest BCUT2D eigenvalue weighted by atomic mass is 16.5. The molecule has 1 aromatic carbocycles. The molecule has 0 fully saturated rings. The molecule has 0 aliphatic carbocycles. The van der Waals surface area contributed by atoms with E-state index in [0.717, 1.165) is 17.0 Å². The molecule has 0 amide bonds. The van der Waals surface area contributed by atoms with Gasteiger partial charge in [0, 0.05) is 12.7 Å². The van der Waals surface area contributed by atoms with E-state index in [1.165, 1.54) is 0 Å². The van der Waals surface area contributed by atoms with E-state index >= 15 is 0 Å². The normalized spacial score (nSPS) is 12.1. The summed E-state index contributed by atoms with van der Waals surface area (Å²) in [5.41, 5.74) is 1.77. The molecular weight excluding hydrogens is 234 g/mol. The number of benzene rings is 1. The van der Waals surface area contributed by atoms with Gasteiger partial charge in [0.05, 0.1) is 32.6 Å². The number of anilines is 1. The molecule has 0 aliphatic rings. The van der Waals surface area contributed by atoms with Crippen LogP contribution in [0.2, 0.25) is 0 Å². The molecule has 0 bridgehead atoms. The molecular formula is C13H21NO4. The zero-order valence-electron chi connectivity index (χ0n) is 11.1. The van der Waals surface area contributed by atoms with Crippen molar-refractivity contribution >= 4 is 5.69 Å². The SMILES string of the molecule is COc1cc(C)c(NC(CO)CCO)c(OC)c1. The summed E-state index contributed by atoms with van der Waals surface area (Å²) in [6.45, 7) is 1.91. The summed E-state index contributed by atoms with van der Waals surface area (Å²) >= 11 is 0. The third kappa shape index (κ3) is 3.51. The lowest BCUT2D eigenvalue weighted by Crippen LogP contribution is -2.25. The first-order valence-corrected chi connectivity index (χ1v) is 5.87. The molecule has 1 atom stereocenters. The third-order valence-electron chi connectivity index (χ3n) is 2.77. The van der Waals surface area contributed by atoms with E-state index < -0.39 is 0 Å². The van der Waals surface area contributed by atoms with Crippen LogP contribution in [-0.2, 0) is 0 Å². The first-order valence-electron chi connectivity index (χ1n) is 5.87. The van der Waals surface area contributed by atoms with Gasteiger partial charge in [-0.05, 0) is 25.0 Å². The van der Waals surface area contributed by atoms with E-state index in [-0.39, 0.29) is 19.3 Å². The zero-order valence-corrected chi connectivity index (χ0v) is 11.1.